The smallest absolute Gasteiger partial charge is 0.247 e. The molecular formula is C16H14FN3O. The summed E-state index contributed by atoms with van der Waals surface area (Å²) in [6.45, 7) is 2.07. The molecule has 0 bridgehead atoms. The number of hydrogen-bond donors (Lipinski definition) is 1. The lowest BCUT2D eigenvalue weighted by molar-refractivity contribution is 0.515. The van der Waals surface area contributed by atoms with Crippen molar-refractivity contribution in [1.29, 1.82) is 0 Å². The molecule has 0 radical (unpaired) electrons. The van der Waals surface area contributed by atoms with E-state index in [1.165, 1.54) is 6.07 Å². The Morgan fingerprint density at radius 2 is 1.86 bits per heavy atom. The Kier molecular flexibility index (Phi) is 3.64. The van der Waals surface area contributed by atoms with E-state index >= 15 is 0 Å². The molecule has 3 aromatic rings. The van der Waals surface area contributed by atoms with Crippen LogP contribution in [0.2, 0.25) is 0 Å². The minimum absolute atomic E-state index is 0.240. The lowest BCUT2D eigenvalue weighted by Gasteiger charge is -2.07. The van der Waals surface area contributed by atoms with E-state index in [1.54, 1.807) is 13.0 Å². The molecule has 5 heteroatoms. The fraction of sp³-hybridized carbons (Fsp3) is 0.125. The number of nitrogens with one attached hydrogen (secondary N) is 1. The molecule has 0 spiro atoms. The molecular weight excluding hydrogens is 269 g/mol. The lowest BCUT2D eigenvalue weighted by Crippen LogP contribution is -2.02. The highest BCUT2D eigenvalue weighted by Gasteiger charge is 2.09. The van der Waals surface area contributed by atoms with Gasteiger partial charge in [0, 0.05) is 16.8 Å². The number of benzene rings is 2. The molecule has 1 N–H and O–H groups in total. The van der Waals surface area contributed by atoms with Gasteiger partial charge >= 0.3 is 0 Å². The molecule has 0 aliphatic rings. The Balaban J connectivity index is 1.72. The van der Waals surface area contributed by atoms with Crippen LogP contribution in [-0.4, -0.2) is 10.2 Å². The van der Waals surface area contributed by atoms with Crippen LogP contribution in [0.25, 0.3) is 11.5 Å². The molecule has 106 valence electrons. The van der Waals surface area contributed by atoms with Gasteiger partial charge in [0.15, 0.2) is 0 Å². The SMILES string of the molecule is Cc1c(F)cccc1NCc1nnc(-c2ccccc2)o1. The fourth-order valence-corrected chi connectivity index (χ4v) is 1.99. The van der Waals surface area contributed by atoms with E-state index in [4.69, 9.17) is 4.42 Å². The highest BCUT2D eigenvalue weighted by atomic mass is 19.1. The van der Waals surface area contributed by atoms with Gasteiger partial charge in [-0.05, 0) is 31.2 Å². The number of rotatable bonds is 4. The minimum Gasteiger partial charge on any atom is -0.419 e. The van der Waals surface area contributed by atoms with Crippen LogP contribution in [0, 0.1) is 12.7 Å². The molecule has 21 heavy (non-hydrogen) atoms. The number of hydrogen-bond acceptors (Lipinski definition) is 4. The average molecular weight is 283 g/mol. The van der Waals surface area contributed by atoms with Crippen LogP contribution in [0.4, 0.5) is 10.1 Å². The third-order valence-corrected chi connectivity index (χ3v) is 3.19. The van der Waals surface area contributed by atoms with Crippen LogP contribution < -0.4 is 5.32 Å². The Morgan fingerprint density at radius 3 is 2.67 bits per heavy atom. The van der Waals surface area contributed by atoms with Crippen molar-refractivity contribution >= 4 is 5.69 Å². The number of anilines is 1. The first-order chi connectivity index (χ1) is 10.2. The van der Waals surface area contributed by atoms with E-state index in [0.29, 0.717) is 23.9 Å². The predicted octanol–water partition coefficient (Wildman–Crippen LogP) is 3.80. The second kappa shape index (κ2) is 5.75. The van der Waals surface area contributed by atoms with E-state index in [1.807, 2.05) is 36.4 Å². The largest absolute Gasteiger partial charge is 0.419 e. The van der Waals surface area contributed by atoms with E-state index in [-0.39, 0.29) is 5.82 Å². The Labute approximate surface area is 121 Å². The Bertz CT molecular complexity index is 740. The van der Waals surface area contributed by atoms with Crippen LogP contribution in [-0.2, 0) is 6.54 Å². The van der Waals surface area contributed by atoms with E-state index < -0.39 is 0 Å². The molecule has 0 aliphatic carbocycles. The van der Waals surface area contributed by atoms with E-state index in [0.717, 1.165) is 11.3 Å². The quantitative estimate of drug-likeness (QED) is 0.791. The molecule has 0 aliphatic heterocycles. The van der Waals surface area contributed by atoms with E-state index in [2.05, 4.69) is 15.5 Å². The number of nitrogens with zero attached hydrogens (tertiary/aromatic N) is 2. The summed E-state index contributed by atoms with van der Waals surface area (Å²) >= 11 is 0. The van der Waals surface area contributed by atoms with Gasteiger partial charge in [0.25, 0.3) is 0 Å². The average Bonchev–Trinajstić information content (AvgIpc) is 2.99. The molecule has 0 unspecified atom stereocenters. The lowest BCUT2D eigenvalue weighted by atomic mass is 10.2. The summed E-state index contributed by atoms with van der Waals surface area (Å²) in [7, 11) is 0. The molecule has 3 rings (SSSR count). The zero-order chi connectivity index (χ0) is 14.7. The van der Waals surface area contributed by atoms with Crippen LogP contribution >= 0.6 is 0 Å². The van der Waals surface area contributed by atoms with Gasteiger partial charge in [0.1, 0.15) is 5.82 Å². The first-order valence-electron chi connectivity index (χ1n) is 6.61. The van der Waals surface area contributed by atoms with Gasteiger partial charge in [-0.2, -0.15) is 0 Å². The van der Waals surface area contributed by atoms with E-state index in [9.17, 15) is 4.39 Å². The second-order valence-corrected chi connectivity index (χ2v) is 4.63. The summed E-state index contributed by atoms with van der Waals surface area (Å²) in [5.41, 5.74) is 2.16. The third kappa shape index (κ3) is 2.91. The summed E-state index contributed by atoms with van der Waals surface area (Å²) in [5.74, 6) is 0.691. The van der Waals surface area contributed by atoms with Crippen molar-refractivity contribution in [2.24, 2.45) is 0 Å². The van der Waals surface area contributed by atoms with Gasteiger partial charge in [0.05, 0.1) is 6.54 Å². The predicted molar refractivity (Wildman–Crippen MR) is 78.2 cm³/mol. The highest BCUT2D eigenvalue weighted by molar-refractivity contribution is 5.52. The van der Waals surface area contributed by atoms with Gasteiger partial charge in [0.2, 0.25) is 11.8 Å². The summed E-state index contributed by atoms with van der Waals surface area (Å²) in [6, 6.07) is 14.5. The Morgan fingerprint density at radius 1 is 1.05 bits per heavy atom. The first kappa shape index (κ1) is 13.3. The monoisotopic (exact) mass is 283 g/mol. The molecule has 0 atom stereocenters. The zero-order valence-corrected chi connectivity index (χ0v) is 11.5. The topological polar surface area (TPSA) is 51.0 Å². The number of aromatic nitrogens is 2. The van der Waals surface area contributed by atoms with Gasteiger partial charge in [-0.25, -0.2) is 4.39 Å². The summed E-state index contributed by atoms with van der Waals surface area (Å²) < 4.78 is 19.0. The van der Waals surface area contributed by atoms with Crippen LogP contribution in [0.5, 0.6) is 0 Å². The molecule has 0 amide bonds. The van der Waals surface area contributed by atoms with Crippen molar-refractivity contribution in [3.63, 3.8) is 0 Å². The van der Waals surface area contributed by atoms with Crippen molar-refractivity contribution in [2.75, 3.05) is 5.32 Å². The van der Waals surface area contributed by atoms with Gasteiger partial charge in [-0.3, -0.25) is 0 Å². The maximum atomic E-state index is 13.4. The summed E-state index contributed by atoms with van der Waals surface area (Å²) in [4.78, 5) is 0. The Hall–Kier alpha value is -2.69. The maximum Gasteiger partial charge on any atom is 0.247 e. The van der Waals surface area contributed by atoms with Crippen molar-refractivity contribution in [2.45, 2.75) is 13.5 Å². The van der Waals surface area contributed by atoms with Crippen molar-refractivity contribution < 1.29 is 8.81 Å². The van der Waals surface area contributed by atoms with Crippen molar-refractivity contribution in [1.82, 2.24) is 10.2 Å². The van der Waals surface area contributed by atoms with Gasteiger partial charge in [-0.15, -0.1) is 10.2 Å². The van der Waals surface area contributed by atoms with Crippen molar-refractivity contribution in [3.8, 4) is 11.5 Å². The molecule has 0 saturated heterocycles. The maximum absolute atomic E-state index is 13.4. The number of halogens is 1. The molecule has 1 heterocycles. The third-order valence-electron chi connectivity index (χ3n) is 3.19. The van der Waals surface area contributed by atoms with Gasteiger partial charge < -0.3 is 9.73 Å². The molecule has 1 aromatic heterocycles. The molecule has 0 fully saturated rings. The second-order valence-electron chi connectivity index (χ2n) is 4.63. The molecule has 2 aromatic carbocycles. The normalized spacial score (nSPS) is 10.6. The van der Waals surface area contributed by atoms with Gasteiger partial charge in [-0.1, -0.05) is 24.3 Å². The molecule has 4 nitrogen and oxygen atoms in total. The minimum atomic E-state index is -0.240. The zero-order valence-electron chi connectivity index (χ0n) is 11.5. The van der Waals surface area contributed by atoms with Crippen LogP contribution in [0.15, 0.2) is 52.9 Å². The summed E-state index contributed by atoms with van der Waals surface area (Å²) in [5, 5.41) is 11.1. The first-order valence-corrected chi connectivity index (χ1v) is 6.61. The van der Waals surface area contributed by atoms with Crippen molar-refractivity contribution in [3.05, 3.63) is 65.8 Å². The molecule has 0 saturated carbocycles. The standard InChI is InChI=1S/C16H14FN3O/c1-11-13(17)8-5-9-14(11)18-10-15-19-20-16(21-15)12-6-3-2-4-7-12/h2-9,18H,10H2,1H3. The summed E-state index contributed by atoms with van der Waals surface area (Å²) in [6.07, 6.45) is 0. The van der Waals surface area contributed by atoms with Crippen LogP contribution in [0.3, 0.4) is 0 Å². The highest BCUT2D eigenvalue weighted by Crippen LogP contribution is 2.20. The van der Waals surface area contributed by atoms with Crippen LogP contribution in [0.1, 0.15) is 11.5 Å². The fourth-order valence-electron chi connectivity index (χ4n) is 1.99.